The number of para-hydroxylation sites is 1. The first-order valence-electron chi connectivity index (χ1n) is 8.97. The van der Waals surface area contributed by atoms with Gasteiger partial charge in [-0.1, -0.05) is 30.3 Å². The van der Waals surface area contributed by atoms with Crippen molar-refractivity contribution in [2.75, 3.05) is 6.61 Å². The number of benzene rings is 2. The third kappa shape index (κ3) is 4.68. The molecule has 1 fully saturated rings. The van der Waals surface area contributed by atoms with Crippen LogP contribution in [0.15, 0.2) is 48.5 Å². The molecule has 28 heavy (non-hydrogen) atoms. The Morgan fingerprint density at radius 3 is 2.43 bits per heavy atom. The Kier molecular flexibility index (Phi) is 5.63. The van der Waals surface area contributed by atoms with E-state index >= 15 is 0 Å². The second-order valence-electron chi connectivity index (χ2n) is 6.91. The Bertz CT molecular complexity index is 894. The average molecular weight is 382 g/mol. The molecule has 2 aromatic carbocycles. The highest BCUT2D eigenvalue weighted by molar-refractivity contribution is 6.06. The third-order valence-corrected chi connectivity index (χ3v) is 4.63. The molecule has 1 aliphatic rings. The second kappa shape index (κ2) is 8.12. The Balaban J connectivity index is 1.49. The van der Waals surface area contributed by atoms with Crippen molar-refractivity contribution in [1.82, 2.24) is 10.6 Å². The lowest BCUT2D eigenvalue weighted by atomic mass is 9.93. The van der Waals surface area contributed by atoms with Gasteiger partial charge in [0.2, 0.25) is 0 Å². The fourth-order valence-corrected chi connectivity index (χ4v) is 2.89. The molecule has 7 heteroatoms. The fraction of sp³-hybridized carbons (Fsp3) is 0.286. The lowest BCUT2D eigenvalue weighted by Crippen LogP contribution is -2.43. The monoisotopic (exact) mass is 382 g/mol. The Morgan fingerprint density at radius 1 is 1.07 bits per heavy atom. The zero-order chi connectivity index (χ0) is 20.1. The number of aryl methyl sites for hydroxylation is 2. The highest BCUT2D eigenvalue weighted by Gasteiger charge is 2.41. The van der Waals surface area contributed by atoms with Crippen LogP contribution in [0.5, 0.6) is 11.5 Å². The van der Waals surface area contributed by atoms with Gasteiger partial charge in [-0.15, -0.1) is 0 Å². The van der Waals surface area contributed by atoms with Crippen molar-refractivity contribution in [3.63, 3.8) is 0 Å². The summed E-state index contributed by atoms with van der Waals surface area (Å²) in [5.74, 6) is 0.247. The van der Waals surface area contributed by atoms with Gasteiger partial charge in [0.25, 0.3) is 5.91 Å². The molecule has 0 aliphatic carbocycles. The number of esters is 1. The van der Waals surface area contributed by atoms with E-state index in [1.165, 1.54) is 0 Å². The first kappa shape index (κ1) is 19.4. The number of amides is 3. The molecule has 7 nitrogen and oxygen atoms in total. The quantitative estimate of drug-likeness (QED) is 0.436. The van der Waals surface area contributed by atoms with Gasteiger partial charge in [-0.3, -0.25) is 10.1 Å². The van der Waals surface area contributed by atoms with Gasteiger partial charge in [-0.25, -0.2) is 9.59 Å². The van der Waals surface area contributed by atoms with Crippen LogP contribution >= 0.6 is 0 Å². The van der Waals surface area contributed by atoms with Crippen molar-refractivity contribution in [1.29, 1.82) is 0 Å². The molecular formula is C21H22N2O5. The number of carbonyl (C=O) groups excluding carboxylic acids is 3. The van der Waals surface area contributed by atoms with E-state index in [2.05, 4.69) is 10.6 Å². The highest BCUT2D eigenvalue weighted by Crippen LogP contribution is 2.20. The van der Waals surface area contributed by atoms with Gasteiger partial charge in [-0.05, 0) is 56.0 Å². The largest absolute Gasteiger partial charge is 0.482 e. The van der Waals surface area contributed by atoms with Gasteiger partial charge < -0.3 is 14.8 Å². The van der Waals surface area contributed by atoms with Gasteiger partial charge in [0.1, 0.15) is 17.0 Å². The van der Waals surface area contributed by atoms with Crippen molar-refractivity contribution >= 4 is 17.9 Å². The van der Waals surface area contributed by atoms with Crippen LogP contribution in [0.3, 0.4) is 0 Å². The zero-order valence-electron chi connectivity index (χ0n) is 15.8. The summed E-state index contributed by atoms with van der Waals surface area (Å²) >= 11 is 0. The van der Waals surface area contributed by atoms with Crippen molar-refractivity contribution in [3.8, 4) is 11.5 Å². The van der Waals surface area contributed by atoms with Gasteiger partial charge >= 0.3 is 12.0 Å². The molecule has 0 saturated carbocycles. The van der Waals surface area contributed by atoms with E-state index in [0.717, 1.165) is 11.1 Å². The van der Waals surface area contributed by atoms with E-state index in [1.807, 2.05) is 37.3 Å². The summed E-state index contributed by atoms with van der Waals surface area (Å²) in [6.07, 6.45) is 1.06. The minimum Gasteiger partial charge on any atom is -0.482 e. The summed E-state index contributed by atoms with van der Waals surface area (Å²) < 4.78 is 10.7. The van der Waals surface area contributed by atoms with Gasteiger partial charge in [0.15, 0.2) is 6.61 Å². The summed E-state index contributed by atoms with van der Waals surface area (Å²) in [6.45, 7) is 3.41. The molecule has 2 aromatic rings. The Morgan fingerprint density at radius 2 is 1.79 bits per heavy atom. The number of imide groups is 1. The second-order valence-corrected chi connectivity index (χ2v) is 6.91. The molecule has 1 atom stereocenters. The smallest absolute Gasteiger partial charge is 0.349 e. The number of rotatable bonds is 7. The van der Waals surface area contributed by atoms with E-state index in [4.69, 9.17) is 9.47 Å². The zero-order valence-corrected chi connectivity index (χ0v) is 15.8. The average Bonchev–Trinajstić information content (AvgIpc) is 2.92. The minimum absolute atomic E-state index is 0.181. The van der Waals surface area contributed by atoms with Crippen molar-refractivity contribution in [2.24, 2.45) is 0 Å². The summed E-state index contributed by atoms with van der Waals surface area (Å²) in [6, 6.07) is 14.0. The maximum absolute atomic E-state index is 12.0. The summed E-state index contributed by atoms with van der Waals surface area (Å²) in [7, 11) is 0. The molecule has 2 N–H and O–H groups in total. The van der Waals surface area contributed by atoms with Crippen LogP contribution in [-0.2, 0) is 16.0 Å². The SMILES string of the molecule is Cc1ccccc1OCC(=O)Oc1ccc(CC[C@@]2(C)NC(=O)NC2=O)cc1. The van der Waals surface area contributed by atoms with Crippen LogP contribution in [0.2, 0.25) is 0 Å². The summed E-state index contributed by atoms with van der Waals surface area (Å²) in [5, 5.41) is 4.88. The molecule has 0 aromatic heterocycles. The van der Waals surface area contributed by atoms with Crippen molar-refractivity contribution < 1.29 is 23.9 Å². The van der Waals surface area contributed by atoms with E-state index < -0.39 is 17.5 Å². The first-order chi connectivity index (χ1) is 13.4. The molecule has 0 radical (unpaired) electrons. The van der Waals surface area contributed by atoms with Crippen LogP contribution in [0.4, 0.5) is 4.79 Å². The number of ether oxygens (including phenoxy) is 2. The molecule has 1 heterocycles. The van der Waals surface area contributed by atoms with Gasteiger partial charge in [-0.2, -0.15) is 0 Å². The normalized spacial score (nSPS) is 18.4. The number of carbonyl (C=O) groups is 3. The number of nitrogens with one attached hydrogen (secondary N) is 2. The summed E-state index contributed by atoms with van der Waals surface area (Å²) in [5.41, 5.74) is 1.00. The molecule has 0 unspecified atom stereocenters. The number of hydrogen-bond donors (Lipinski definition) is 2. The molecule has 1 aliphatic heterocycles. The lowest BCUT2D eigenvalue weighted by Gasteiger charge is -2.20. The fourth-order valence-electron chi connectivity index (χ4n) is 2.89. The van der Waals surface area contributed by atoms with Crippen molar-refractivity contribution in [2.45, 2.75) is 32.2 Å². The topological polar surface area (TPSA) is 93.7 Å². The van der Waals surface area contributed by atoms with E-state index in [-0.39, 0.29) is 12.5 Å². The Labute approximate surface area is 163 Å². The molecule has 0 bridgehead atoms. The van der Waals surface area contributed by atoms with E-state index in [0.29, 0.717) is 24.3 Å². The van der Waals surface area contributed by atoms with Gasteiger partial charge in [0.05, 0.1) is 0 Å². The van der Waals surface area contributed by atoms with Crippen LogP contribution in [0.25, 0.3) is 0 Å². The third-order valence-electron chi connectivity index (χ3n) is 4.63. The minimum atomic E-state index is -0.908. The lowest BCUT2D eigenvalue weighted by molar-refractivity contribution is -0.136. The van der Waals surface area contributed by atoms with Gasteiger partial charge in [0, 0.05) is 0 Å². The molecule has 0 spiro atoms. The van der Waals surface area contributed by atoms with Crippen LogP contribution in [0, 0.1) is 6.92 Å². The van der Waals surface area contributed by atoms with Crippen LogP contribution < -0.4 is 20.1 Å². The maximum Gasteiger partial charge on any atom is 0.349 e. The molecule has 146 valence electrons. The standard InChI is InChI=1S/C21H22N2O5/c1-14-5-3-4-6-17(14)27-13-18(24)28-16-9-7-15(8-10-16)11-12-21(2)19(25)22-20(26)23-21/h3-10H,11-13H2,1-2H3,(H2,22,23,25,26)/t21-/m1/s1. The predicted molar refractivity (Wildman–Crippen MR) is 102 cm³/mol. The van der Waals surface area contributed by atoms with Crippen LogP contribution in [0.1, 0.15) is 24.5 Å². The number of hydrogen-bond acceptors (Lipinski definition) is 5. The van der Waals surface area contributed by atoms with E-state index in [1.54, 1.807) is 25.1 Å². The first-order valence-corrected chi connectivity index (χ1v) is 8.97. The molecular weight excluding hydrogens is 360 g/mol. The maximum atomic E-state index is 12.0. The van der Waals surface area contributed by atoms with Crippen molar-refractivity contribution in [3.05, 3.63) is 59.7 Å². The predicted octanol–water partition coefficient (Wildman–Crippen LogP) is 2.51. The number of urea groups is 1. The highest BCUT2D eigenvalue weighted by atomic mass is 16.6. The molecule has 3 rings (SSSR count). The molecule has 3 amide bonds. The van der Waals surface area contributed by atoms with Crippen LogP contribution in [-0.4, -0.2) is 30.1 Å². The van der Waals surface area contributed by atoms with E-state index in [9.17, 15) is 14.4 Å². The summed E-state index contributed by atoms with van der Waals surface area (Å²) in [4.78, 5) is 35.1. The molecule has 1 saturated heterocycles. The Hall–Kier alpha value is -3.35.